The first-order valence-electron chi connectivity index (χ1n) is 17.2. The Hall–Kier alpha value is -5.77. The molecule has 0 spiro atoms. The fraction of sp³-hybridized carbons (Fsp3) is 0.0444. The predicted octanol–water partition coefficient (Wildman–Crippen LogP) is 9.38. The third kappa shape index (κ3) is 4.95. The summed E-state index contributed by atoms with van der Waals surface area (Å²) >= 11 is 0. The van der Waals surface area contributed by atoms with Gasteiger partial charge in [0.25, 0.3) is 0 Å². The van der Waals surface area contributed by atoms with Crippen LogP contribution >= 0.6 is 0 Å². The van der Waals surface area contributed by atoms with Gasteiger partial charge < -0.3 is 5.11 Å². The number of benzene rings is 8. The molecule has 0 aliphatic carbocycles. The molecule has 0 fully saturated rings. The van der Waals surface area contributed by atoms with E-state index in [4.69, 9.17) is 36.4 Å². The number of imidazole rings is 1. The molecule has 3 nitrogen and oxygen atoms in total. The molecule has 0 aliphatic heterocycles. The topological polar surface area (TPSA) is 38.1 Å². The highest BCUT2D eigenvalue weighted by Crippen LogP contribution is 2.48. The van der Waals surface area contributed by atoms with Crippen molar-refractivity contribution in [2.75, 3.05) is 0 Å². The van der Waals surface area contributed by atoms with Crippen LogP contribution in [-0.4, -0.2) is 46.0 Å². The molecular weight excluding hydrogens is 628 g/mol. The summed E-state index contributed by atoms with van der Waals surface area (Å²) in [5.74, 6) is 0.0384. The molecule has 52 heavy (non-hydrogen) atoms. The lowest BCUT2D eigenvalue weighted by atomic mass is 9.32. The molecule has 1 aromatic heterocycles. The van der Waals surface area contributed by atoms with Crippen LogP contribution < -0.4 is 0 Å². The summed E-state index contributed by atoms with van der Waals surface area (Å²) in [5.41, 5.74) is 6.63. The second-order valence-corrected chi connectivity index (χ2v) is 13.4. The van der Waals surface area contributed by atoms with Crippen LogP contribution in [0.2, 0.25) is 5.11 Å². The Morgan fingerprint density at radius 1 is 0.442 bits per heavy atom. The molecule has 8 radical (unpaired) electrons. The van der Waals surface area contributed by atoms with Crippen molar-refractivity contribution in [1.82, 2.24) is 9.55 Å². The summed E-state index contributed by atoms with van der Waals surface area (Å²) in [4.78, 5) is 4.71. The third-order valence-corrected chi connectivity index (χ3v) is 10.2. The normalized spacial score (nSPS) is 13.2. The first-order valence-corrected chi connectivity index (χ1v) is 17.2. The van der Waals surface area contributed by atoms with Gasteiger partial charge in [0.15, 0.2) is 0 Å². The lowest BCUT2D eigenvalue weighted by Gasteiger charge is -2.39. The molecule has 236 valence electrons. The van der Waals surface area contributed by atoms with Gasteiger partial charge in [-0.15, -0.1) is 5.11 Å². The molecule has 1 atom stereocenters. The maximum absolute atomic E-state index is 11.5. The van der Waals surface area contributed by atoms with E-state index in [9.17, 15) is 5.11 Å². The number of fused-ring (bicyclic) bond motifs is 4. The number of hydrogen-bond donors (Lipinski definition) is 1. The van der Waals surface area contributed by atoms with Crippen molar-refractivity contribution >= 4 is 74.7 Å². The number of para-hydroxylation sites is 2. The van der Waals surface area contributed by atoms with Crippen LogP contribution in [-0.2, 0) is 5.50 Å². The van der Waals surface area contributed by atoms with Crippen LogP contribution in [0.25, 0.3) is 82.4 Å². The SMILES string of the molecule is [B]C([B])([B])C([B])(O)c1nc2ccccc2n1-c1ccc(-c2c3ccccc3c(-c3ccccc3-c3ccccc3)c3ccccc23)c2ccccc12. The summed E-state index contributed by atoms with van der Waals surface area (Å²) in [6.07, 6.45) is 0. The van der Waals surface area contributed by atoms with E-state index in [0.29, 0.717) is 5.52 Å². The summed E-state index contributed by atoms with van der Waals surface area (Å²) < 4.78 is 1.81. The molecule has 8 aromatic carbocycles. The fourth-order valence-electron chi connectivity index (χ4n) is 7.69. The van der Waals surface area contributed by atoms with E-state index in [1.165, 1.54) is 22.3 Å². The minimum atomic E-state index is -2.37. The Morgan fingerprint density at radius 2 is 0.923 bits per heavy atom. The zero-order chi connectivity index (χ0) is 35.6. The molecule has 7 heteroatoms. The van der Waals surface area contributed by atoms with Crippen molar-refractivity contribution in [1.29, 1.82) is 0 Å². The smallest absolute Gasteiger partial charge is 0.135 e. The van der Waals surface area contributed by atoms with Crippen LogP contribution in [0.5, 0.6) is 0 Å². The molecule has 0 aliphatic rings. The van der Waals surface area contributed by atoms with Crippen LogP contribution in [0, 0.1) is 0 Å². The zero-order valence-corrected chi connectivity index (χ0v) is 28.2. The van der Waals surface area contributed by atoms with E-state index >= 15 is 0 Å². The number of rotatable bonds is 6. The first-order chi connectivity index (χ1) is 25.2. The van der Waals surface area contributed by atoms with Crippen LogP contribution in [0.15, 0.2) is 164 Å². The lowest BCUT2D eigenvalue weighted by Crippen LogP contribution is -2.44. The minimum absolute atomic E-state index is 0.0384. The standard InChI is InChI=1S/C45H28B4N2O/c46-44(52,45(47,48)49)43-50-38-24-12-13-25-40(38)51(43)39-27-26-37(30-17-5-6-18-31(30)39)42-35-22-10-8-20-33(35)41(34-21-9-11-23-36(34)42)32-19-7-4-16-29(32)28-14-2-1-3-15-28/h1-27,52H. The van der Waals surface area contributed by atoms with Crippen molar-refractivity contribution in [3.05, 3.63) is 170 Å². The van der Waals surface area contributed by atoms with Crippen LogP contribution in [0.1, 0.15) is 5.82 Å². The van der Waals surface area contributed by atoms with E-state index in [1.807, 2.05) is 47.0 Å². The van der Waals surface area contributed by atoms with Crippen molar-refractivity contribution in [3.63, 3.8) is 0 Å². The number of aromatic nitrogens is 2. The van der Waals surface area contributed by atoms with Gasteiger partial charge in [-0.1, -0.05) is 146 Å². The molecular formula is C45H28B4N2O. The Morgan fingerprint density at radius 3 is 1.54 bits per heavy atom. The number of nitrogens with zero attached hydrogens (tertiary/aromatic N) is 2. The predicted molar refractivity (Wildman–Crippen MR) is 220 cm³/mol. The Kier molecular flexibility index (Phi) is 7.53. The van der Waals surface area contributed by atoms with E-state index in [-0.39, 0.29) is 5.82 Å². The highest BCUT2D eigenvalue weighted by atomic mass is 16.3. The van der Waals surface area contributed by atoms with Gasteiger partial charge in [-0.3, -0.25) is 4.57 Å². The highest BCUT2D eigenvalue weighted by molar-refractivity contribution is 6.62. The van der Waals surface area contributed by atoms with Crippen molar-refractivity contribution in [3.8, 4) is 39.1 Å². The average molecular weight is 656 g/mol. The van der Waals surface area contributed by atoms with Gasteiger partial charge in [0.2, 0.25) is 0 Å². The Balaban J connectivity index is 1.36. The van der Waals surface area contributed by atoms with E-state index < -0.39 is 10.6 Å². The van der Waals surface area contributed by atoms with Gasteiger partial charge in [0, 0.05) is 5.39 Å². The van der Waals surface area contributed by atoms with E-state index in [0.717, 1.165) is 54.6 Å². The maximum Gasteiger partial charge on any atom is 0.135 e. The van der Waals surface area contributed by atoms with Gasteiger partial charge in [-0.2, -0.15) is 0 Å². The Labute approximate surface area is 307 Å². The quantitative estimate of drug-likeness (QED) is 0.143. The Bertz CT molecular complexity index is 2760. The zero-order valence-electron chi connectivity index (χ0n) is 28.2. The minimum Gasteiger partial charge on any atom is -0.394 e. The maximum atomic E-state index is 11.5. The third-order valence-electron chi connectivity index (χ3n) is 10.2. The van der Waals surface area contributed by atoms with Gasteiger partial charge >= 0.3 is 0 Å². The van der Waals surface area contributed by atoms with Gasteiger partial charge in [0.1, 0.15) is 13.7 Å². The van der Waals surface area contributed by atoms with Crippen molar-refractivity contribution < 1.29 is 5.11 Å². The lowest BCUT2D eigenvalue weighted by molar-refractivity contribution is 0.118. The molecule has 0 saturated carbocycles. The van der Waals surface area contributed by atoms with E-state index in [2.05, 4.69) is 121 Å². The summed E-state index contributed by atoms with van der Waals surface area (Å²) in [5, 5.41) is 15.9. The molecule has 1 unspecified atom stereocenters. The van der Waals surface area contributed by atoms with Gasteiger partial charge in [-0.05, 0) is 78.5 Å². The average Bonchev–Trinajstić information content (AvgIpc) is 3.57. The van der Waals surface area contributed by atoms with Gasteiger partial charge in [0.05, 0.1) is 45.8 Å². The molecule has 0 bridgehead atoms. The summed E-state index contributed by atoms with van der Waals surface area (Å²) in [6, 6.07) is 56.5. The fourth-order valence-corrected chi connectivity index (χ4v) is 7.69. The molecule has 1 N–H and O–H groups in total. The molecule has 9 rings (SSSR count). The summed E-state index contributed by atoms with van der Waals surface area (Å²) in [7, 11) is 24.6. The van der Waals surface area contributed by atoms with Gasteiger partial charge in [-0.25, -0.2) is 4.98 Å². The second-order valence-electron chi connectivity index (χ2n) is 13.4. The molecule has 1 heterocycles. The van der Waals surface area contributed by atoms with Crippen molar-refractivity contribution in [2.24, 2.45) is 0 Å². The molecule has 0 saturated heterocycles. The molecule has 0 amide bonds. The van der Waals surface area contributed by atoms with Crippen LogP contribution in [0.3, 0.4) is 0 Å². The van der Waals surface area contributed by atoms with Crippen molar-refractivity contribution in [2.45, 2.75) is 10.6 Å². The summed E-state index contributed by atoms with van der Waals surface area (Å²) in [6.45, 7) is 0. The highest BCUT2D eigenvalue weighted by Gasteiger charge is 2.39. The first kappa shape index (κ1) is 32.2. The second kappa shape index (κ2) is 12.2. The number of aliphatic hydroxyl groups is 1. The van der Waals surface area contributed by atoms with E-state index in [1.54, 1.807) is 0 Å². The van der Waals surface area contributed by atoms with Crippen LogP contribution in [0.4, 0.5) is 0 Å². The largest absolute Gasteiger partial charge is 0.394 e. The number of hydrogen-bond acceptors (Lipinski definition) is 2. The molecule has 9 aromatic rings. The monoisotopic (exact) mass is 656 g/mol.